The van der Waals surface area contributed by atoms with Crippen molar-refractivity contribution in [1.82, 2.24) is 0 Å². The summed E-state index contributed by atoms with van der Waals surface area (Å²) >= 11 is 0. The quantitative estimate of drug-likeness (QED) is 0.678. The average Bonchev–Trinajstić information content (AvgIpc) is 2.40. The SMILES string of the molecule is O=C([O-])CC1CCCCC1.O=C([O-])CC1CCCCC1.[In+3].[OH-]. The summed E-state index contributed by atoms with van der Waals surface area (Å²) in [6.45, 7) is 0. The van der Waals surface area contributed by atoms with Gasteiger partial charge < -0.3 is 25.3 Å². The van der Waals surface area contributed by atoms with Crippen LogP contribution in [-0.4, -0.2) is 43.3 Å². The van der Waals surface area contributed by atoms with Gasteiger partial charge in [0.15, 0.2) is 0 Å². The van der Waals surface area contributed by atoms with Crippen LogP contribution in [0.3, 0.4) is 0 Å². The molecule has 0 amide bonds. The van der Waals surface area contributed by atoms with Gasteiger partial charge in [-0.15, -0.1) is 0 Å². The van der Waals surface area contributed by atoms with Crippen LogP contribution in [0.5, 0.6) is 0 Å². The molecule has 0 aromatic heterocycles. The molecule has 0 aromatic carbocycles. The van der Waals surface area contributed by atoms with E-state index in [2.05, 4.69) is 0 Å². The number of carboxylic acid groups (broad SMARTS) is 2. The zero-order valence-electron chi connectivity index (χ0n) is 13.3. The van der Waals surface area contributed by atoms with E-state index >= 15 is 0 Å². The van der Waals surface area contributed by atoms with E-state index in [1.807, 2.05) is 0 Å². The number of carbonyl (C=O) groups is 2. The monoisotopic (exact) mass is 414 g/mol. The first-order valence-corrected chi connectivity index (χ1v) is 7.97. The van der Waals surface area contributed by atoms with Gasteiger partial charge in [-0.25, -0.2) is 0 Å². The maximum absolute atomic E-state index is 10.2. The first-order valence-electron chi connectivity index (χ1n) is 7.97. The Hall–Kier alpha value is -0.230. The van der Waals surface area contributed by atoms with E-state index in [0.29, 0.717) is 11.8 Å². The van der Waals surface area contributed by atoms with E-state index in [-0.39, 0.29) is 44.2 Å². The third kappa shape index (κ3) is 12.3. The van der Waals surface area contributed by atoms with E-state index in [9.17, 15) is 19.8 Å². The van der Waals surface area contributed by atoms with Crippen LogP contribution >= 0.6 is 0 Å². The number of carbonyl (C=O) groups excluding carboxylic acids is 2. The Labute approximate surface area is 152 Å². The molecule has 124 valence electrons. The fraction of sp³-hybridized carbons (Fsp3) is 0.875. The first kappa shape index (κ1) is 24.0. The molecule has 2 aliphatic rings. The Kier molecular flexibility index (Phi) is 15.7. The van der Waals surface area contributed by atoms with E-state index in [1.54, 1.807) is 0 Å². The predicted octanol–water partition coefficient (Wildman–Crippen LogP) is 0.856. The summed E-state index contributed by atoms with van der Waals surface area (Å²) < 4.78 is 0. The largest absolute Gasteiger partial charge is 3.00 e. The number of carboxylic acids is 2. The smallest absolute Gasteiger partial charge is 0.870 e. The first-order chi connectivity index (χ1) is 9.58. The van der Waals surface area contributed by atoms with Crippen molar-refractivity contribution in [3.05, 3.63) is 0 Å². The molecule has 0 aromatic rings. The van der Waals surface area contributed by atoms with Crippen molar-refractivity contribution in [3.63, 3.8) is 0 Å². The Morgan fingerprint density at radius 1 is 0.682 bits per heavy atom. The van der Waals surface area contributed by atoms with Gasteiger partial charge in [0, 0.05) is 11.9 Å². The minimum atomic E-state index is -0.882. The molecule has 22 heavy (non-hydrogen) atoms. The van der Waals surface area contributed by atoms with E-state index in [0.717, 1.165) is 25.7 Å². The molecule has 0 heterocycles. The van der Waals surface area contributed by atoms with E-state index < -0.39 is 11.9 Å². The summed E-state index contributed by atoms with van der Waals surface area (Å²) in [5.74, 6) is -0.934. The van der Waals surface area contributed by atoms with Crippen molar-refractivity contribution in [2.45, 2.75) is 77.0 Å². The standard InChI is InChI=1S/2C8H14O2.In.H2O/c2*9-8(10)6-7-4-2-1-3-5-7;;/h2*7H,1-6H2,(H,9,10);;1H2/q;;+3;/p-3. The molecule has 2 aliphatic carbocycles. The molecule has 0 radical (unpaired) electrons. The molecular formula is C16H27InO5. The second-order valence-corrected chi connectivity index (χ2v) is 6.16. The Balaban J connectivity index is 0. The molecule has 1 N–H and O–H groups in total. The van der Waals surface area contributed by atoms with Crippen LogP contribution in [0.1, 0.15) is 77.0 Å². The van der Waals surface area contributed by atoms with Crippen LogP contribution in [0.4, 0.5) is 0 Å². The van der Waals surface area contributed by atoms with E-state index in [1.165, 1.54) is 38.5 Å². The molecule has 5 nitrogen and oxygen atoms in total. The topological polar surface area (TPSA) is 110 Å². The van der Waals surface area contributed by atoms with Crippen molar-refractivity contribution in [2.75, 3.05) is 0 Å². The summed E-state index contributed by atoms with van der Waals surface area (Å²) in [6.07, 6.45) is 12.3. The molecule has 0 aliphatic heterocycles. The van der Waals surface area contributed by atoms with Crippen LogP contribution in [-0.2, 0) is 9.59 Å². The molecule has 0 unspecified atom stereocenters. The van der Waals surface area contributed by atoms with Gasteiger partial charge in [0.2, 0.25) is 0 Å². The molecule has 2 saturated carbocycles. The van der Waals surface area contributed by atoms with Gasteiger partial charge >= 0.3 is 25.8 Å². The molecule has 0 spiro atoms. The molecule has 2 rings (SSSR count). The van der Waals surface area contributed by atoms with Gasteiger partial charge in [0.25, 0.3) is 0 Å². The van der Waals surface area contributed by atoms with Crippen LogP contribution in [0, 0.1) is 11.8 Å². The van der Waals surface area contributed by atoms with Crippen molar-refractivity contribution in [2.24, 2.45) is 11.8 Å². The number of hydrogen-bond acceptors (Lipinski definition) is 5. The maximum Gasteiger partial charge on any atom is 3.00 e. The van der Waals surface area contributed by atoms with Gasteiger partial charge in [0.1, 0.15) is 0 Å². The Morgan fingerprint density at radius 2 is 0.955 bits per heavy atom. The maximum atomic E-state index is 10.2. The van der Waals surface area contributed by atoms with Gasteiger partial charge in [0.05, 0.1) is 0 Å². The molecular weight excluding hydrogens is 387 g/mol. The third-order valence-electron chi connectivity index (χ3n) is 4.36. The second kappa shape index (κ2) is 14.4. The van der Waals surface area contributed by atoms with Gasteiger partial charge in [-0.05, 0) is 24.7 Å². The van der Waals surface area contributed by atoms with Crippen LogP contribution in [0.15, 0.2) is 0 Å². The number of rotatable bonds is 4. The van der Waals surface area contributed by atoms with Crippen molar-refractivity contribution >= 4 is 37.8 Å². The number of hydrogen-bond donors (Lipinski definition) is 0. The summed E-state index contributed by atoms with van der Waals surface area (Å²) in [5.41, 5.74) is 0. The van der Waals surface area contributed by atoms with Gasteiger partial charge in [-0.3, -0.25) is 0 Å². The molecule has 6 heteroatoms. The third-order valence-corrected chi connectivity index (χ3v) is 4.36. The average molecular weight is 414 g/mol. The van der Waals surface area contributed by atoms with Crippen LogP contribution < -0.4 is 10.2 Å². The normalized spacial score (nSPS) is 18.9. The fourth-order valence-corrected chi connectivity index (χ4v) is 3.25. The van der Waals surface area contributed by atoms with Crippen LogP contribution in [0.25, 0.3) is 0 Å². The second-order valence-electron chi connectivity index (χ2n) is 6.16. The zero-order chi connectivity index (χ0) is 14.8. The summed E-state index contributed by atoms with van der Waals surface area (Å²) in [5, 5.41) is 20.3. The minimum absolute atomic E-state index is 0. The van der Waals surface area contributed by atoms with Crippen LogP contribution in [0.2, 0.25) is 0 Å². The van der Waals surface area contributed by atoms with Crippen molar-refractivity contribution in [3.8, 4) is 0 Å². The van der Waals surface area contributed by atoms with E-state index in [4.69, 9.17) is 0 Å². The summed E-state index contributed by atoms with van der Waals surface area (Å²) in [7, 11) is 0. The van der Waals surface area contributed by atoms with Crippen molar-refractivity contribution < 1.29 is 25.3 Å². The molecule has 2 fully saturated rings. The summed E-state index contributed by atoms with van der Waals surface area (Å²) in [4.78, 5) is 20.3. The summed E-state index contributed by atoms with van der Waals surface area (Å²) in [6, 6.07) is 0. The molecule has 0 bridgehead atoms. The number of aliphatic carboxylic acids is 2. The van der Waals surface area contributed by atoms with Crippen molar-refractivity contribution in [1.29, 1.82) is 0 Å². The predicted molar refractivity (Wildman–Crippen MR) is 80.1 cm³/mol. The fourth-order valence-electron chi connectivity index (χ4n) is 3.25. The minimum Gasteiger partial charge on any atom is -0.870 e. The van der Waals surface area contributed by atoms with Gasteiger partial charge in [-0.1, -0.05) is 64.2 Å². The Morgan fingerprint density at radius 3 is 1.18 bits per heavy atom. The molecule has 0 atom stereocenters. The van der Waals surface area contributed by atoms with Gasteiger partial charge in [-0.2, -0.15) is 0 Å². The Bertz CT molecular complexity index is 267. The zero-order valence-corrected chi connectivity index (χ0v) is 16.6. The molecule has 0 saturated heterocycles.